The fourth-order valence-electron chi connectivity index (χ4n) is 2.20. The van der Waals surface area contributed by atoms with Crippen molar-refractivity contribution in [3.63, 3.8) is 0 Å². The van der Waals surface area contributed by atoms with Crippen molar-refractivity contribution < 1.29 is 4.74 Å². The zero-order valence-corrected chi connectivity index (χ0v) is 15.3. The molecular formula is C21H29NO. The molecule has 0 aliphatic carbocycles. The highest BCUT2D eigenvalue weighted by molar-refractivity contribution is 5.81. The number of benzene rings is 2. The second-order valence-corrected chi connectivity index (χ2v) is 4.92. The monoisotopic (exact) mass is 311 g/mol. The number of aromatic nitrogens is 1. The van der Waals surface area contributed by atoms with E-state index < -0.39 is 0 Å². The summed E-state index contributed by atoms with van der Waals surface area (Å²) in [6.07, 6.45) is 2.06. The van der Waals surface area contributed by atoms with E-state index >= 15 is 0 Å². The standard InChI is InChI=1S/C17H17NO.2C2H6/c1-13-3-5-14(6-4-13)12-19-16-7-8-17-15(11-16)9-10-18(17)2;2*1-2/h3-11H,12H2,1-2H3;2*1-2H3. The van der Waals surface area contributed by atoms with Crippen molar-refractivity contribution in [3.8, 4) is 5.75 Å². The Labute approximate surface area is 140 Å². The maximum absolute atomic E-state index is 5.84. The van der Waals surface area contributed by atoms with E-state index in [0.29, 0.717) is 6.61 Å². The van der Waals surface area contributed by atoms with Crippen molar-refractivity contribution in [3.05, 3.63) is 65.9 Å². The summed E-state index contributed by atoms with van der Waals surface area (Å²) in [5, 5.41) is 1.21. The van der Waals surface area contributed by atoms with E-state index in [9.17, 15) is 0 Å². The van der Waals surface area contributed by atoms with E-state index in [2.05, 4.69) is 67.2 Å². The van der Waals surface area contributed by atoms with Gasteiger partial charge >= 0.3 is 0 Å². The topological polar surface area (TPSA) is 14.2 Å². The van der Waals surface area contributed by atoms with Crippen LogP contribution in [-0.4, -0.2) is 4.57 Å². The Kier molecular flexibility index (Phi) is 7.96. The molecule has 0 saturated carbocycles. The molecular weight excluding hydrogens is 282 g/mol. The van der Waals surface area contributed by atoms with Crippen molar-refractivity contribution in [1.82, 2.24) is 4.57 Å². The zero-order valence-electron chi connectivity index (χ0n) is 15.3. The van der Waals surface area contributed by atoms with Crippen LogP contribution in [0.25, 0.3) is 10.9 Å². The van der Waals surface area contributed by atoms with Gasteiger partial charge in [0.2, 0.25) is 0 Å². The maximum atomic E-state index is 5.84. The molecule has 2 nitrogen and oxygen atoms in total. The third kappa shape index (κ3) is 5.17. The first-order valence-corrected chi connectivity index (χ1v) is 8.46. The molecule has 0 fully saturated rings. The molecule has 3 aromatic rings. The third-order valence-corrected chi connectivity index (χ3v) is 3.38. The Morgan fingerprint density at radius 3 is 2.17 bits per heavy atom. The van der Waals surface area contributed by atoms with Crippen LogP contribution in [0.5, 0.6) is 5.75 Å². The minimum atomic E-state index is 0.610. The second kappa shape index (κ2) is 9.73. The van der Waals surface area contributed by atoms with Gasteiger partial charge in [0, 0.05) is 24.1 Å². The van der Waals surface area contributed by atoms with Crippen LogP contribution in [0.15, 0.2) is 54.7 Å². The van der Waals surface area contributed by atoms with Gasteiger partial charge in [-0.2, -0.15) is 0 Å². The second-order valence-electron chi connectivity index (χ2n) is 4.92. The Hall–Kier alpha value is -2.22. The summed E-state index contributed by atoms with van der Waals surface area (Å²) in [4.78, 5) is 0. The number of ether oxygens (including phenoxy) is 1. The molecule has 0 bridgehead atoms. The van der Waals surface area contributed by atoms with Crippen molar-refractivity contribution in [2.45, 2.75) is 41.2 Å². The van der Waals surface area contributed by atoms with Crippen LogP contribution in [0.2, 0.25) is 0 Å². The van der Waals surface area contributed by atoms with Gasteiger partial charge in [0.15, 0.2) is 0 Å². The minimum absolute atomic E-state index is 0.610. The summed E-state index contributed by atoms with van der Waals surface area (Å²) in [7, 11) is 2.05. The molecule has 0 unspecified atom stereocenters. The molecule has 0 atom stereocenters. The van der Waals surface area contributed by atoms with Gasteiger partial charge in [0.1, 0.15) is 12.4 Å². The minimum Gasteiger partial charge on any atom is -0.489 e. The van der Waals surface area contributed by atoms with E-state index in [4.69, 9.17) is 4.74 Å². The molecule has 0 amide bonds. The molecule has 2 aromatic carbocycles. The predicted octanol–water partition coefficient (Wildman–Crippen LogP) is 6.12. The summed E-state index contributed by atoms with van der Waals surface area (Å²) < 4.78 is 7.95. The highest BCUT2D eigenvalue weighted by atomic mass is 16.5. The molecule has 0 aliphatic rings. The molecule has 0 saturated heterocycles. The van der Waals surface area contributed by atoms with Crippen molar-refractivity contribution >= 4 is 10.9 Å². The molecule has 2 heteroatoms. The maximum Gasteiger partial charge on any atom is 0.120 e. The third-order valence-electron chi connectivity index (χ3n) is 3.38. The first kappa shape index (κ1) is 18.8. The molecule has 0 spiro atoms. The summed E-state index contributed by atoms with van der Waals surface area (Å²) in [5.74, 6) is 0.916. The van der Waals surface area contributed by atoms with Crippen LogP contribution in [0.3, 0.4) is 0 Å². The molecule has 0 aliphatic heterocycles. The summed E-state index contributed by atoms with van der Waals surface area (Å²) in [6.45, 7) is 10.7. The zero-order chi connectivity index (χ0) is 17.2. The number of aryl methyl sites for hydroxylation is 2. The SMILES string of the molecule is CC.CC.Cc1ccc(COc2ccc3c(ccn3C)c2)cc1. The lowest BCUT2D eigenvalue weighted by atomic mass is 10.2. The molecule has 23 heavy (non-hydrogen) atoms. The first-order chi connectivity index (χ1) is 11.2. The fourth-order valence-corrected chi connectivity index (χ4v) is 2.20. The normalized spacial score (nSPS) is 9.48. The number of hydrogen-bond donors (Lipinski definition) is 0. The molecule has 3 rings (SSSR count). The molecule has 1 aromatic heterocycles. The smallest absolute Gasteiger partial charge is 0.120 e. The Morgan fingerprint density at radius 2 is 1.52 bits per heavy atom. The molecule has 0 radical (unpaired) electrons. The summed E-state index contributed by atoms with van der Waals surface area (Å²) >= 11 is 0. The highest BCUT2D eigenvalue weighted by Crippen LogP contribution is 2.22. The lowest BCUT2D eigenvalue weighted by Gasteiger charge is -2.07. The van der Waals surface area contributed by atoms with Gasteiger partial charge in [-0.15, -0.1) is 0 Å². The van der Waals surface area contributed by atoms with Gasteiger partial charge < -0.3 is 9.30 Å². The highest BCUT2D eigenvalue weighted by Gasteiger charge is 2.01. The van der Waals surface area contributed by atoms with Crippen LogP contribution in [0.4, 0.5) is 0 Å². The van der Waals surface area contributed by atoms with E-state index in [0.717, 1.165) is 5.75 Å². The average molecular weight is 311 g/mol. The molecule has 0 N–H and O–H groups in total. The van der Waals surface area contributed by atoms with Crippen LogP contribution in [0, 0.1) is 6.92 Å². The van der Waals surface area contributed by atoms with Gasteiger partial charge in [-0.05, 0) is 36.8 Å². The predicted molar refractivity (Wildman–Crippen MR) is 101 cm³/mol. The van der Waals surface area contributed by atoms with E-state index in [1.807, 2.05) is 33.8 Å². The van der Waals surface area contributed by atoms with Gasteiger partial charge in [0.25, 0.3) is 0 Å². The van der Waals surface area contributed by atoms with Crippen LogP contribution in [0.1, 0.15) is 38.8 Å². The van der Waals surface area contributed by atoms with Crippen molar-refractivity contribution in [1.29, 1.82) is 0 Å². The van der Waals surface area contributed by atoms with Crippen LogP contribution >= 0.6 is 0 Å². The van der Waals surface area contributed by atoms with Gasteiger partial charge in [-0.3, -0.25) is 0 Å². The fraction of sp³-hybridized carbons (Fsp3) is 0.333. The van der Waals surface area contributed by atoms with Crippen molar-refractivity contribution in [2.24, 2.45) is 7.05 Å². The van der Waals surface area contributed by atoms with Gasteiger partial charge in [-0.25, -0.2) is 0 Å². The van der Waals surface area contributed by atoms with Gasteiger partial charge in [0.05, 0.1) is 0 Å². The van der Waals surface area contributed by atoms with Crippen LogP contribution in [-0.2, 0) is 13.7 Å². The Morgan fingerprint density at radius 1 is 0.870 bits per heavy atom. The average Bonchev–Trinajstić information content (AvgIpc) is 2.99. The van der Waals surface area contributed by atoms with E-state index in [1.54, 1.807) is 0 Å². The quantitative estimate of drug-likeness (QED) is 0.568. The lowest BCUT2D eigenvalue weighted by molar-refractivity contribution is 0.306. The van der Waals surface area contributed by atoms with Gasteiger partial charge in [-0.1, -0.05) is 57.5 Å². The number of rotatable bonds is 3. The van der Waals surface area contributed by atoms with E-state index in [-0.39, 0.29) is 0 Å². The largest absolute Gasteiger partial charge is 0.489 e. The van der Waals surface area contributed by atoms with Crippen LogP contribution < -0.4 is 4.74 Å². The molecule has 124 valence electrons. The lowest BCUT2D eigenvalue weighted by Crippen LogP contribution is -1.95. The van der Waals surface area contributed by atoms with E-state index in [1.165, 1.54) is 22.0 Å². The summed E-state index contributed by atoms with van der Waals surface area (Å²) in [6, 6.07) is 16.7. The number of nitrogens with zero attached hydrogens (tertiary/aromatic N) is 1. The Balaban J connectivity index is 0.000000615. The molecule has 1 heterocycles. The summed E-state index contributed by atoms with van der Waals surface area (Å²) in [5.41, 5.74) is 3.69. The van der Waals surface area contributed by atoms with Crippen molar-refractivity contribution in [2.75, 3.05) is 0 Å². The Bertz CT molecular complexity index is 695. The number of fused-ring (bicyclic) bond motifs is 1. The number of hydrogen-bond acceptors (Lipinski definition) is 1. The first-order valence-electron chi connectivity index (χ1n) is 8.46.